The summed E-state index contributed by atoms with van der Waals surface area (Å²) in [4.78, 5) is 20.9. The fourth-order valence-electron chi connectivity index (χ4n) is 3.29. The maximum absolute atomic E-state index is 12.3. The Hall–Kier alpha value is -3.45. The van der Waals surface area contributed by atoms with Gasteiger partial charge in [0, 0.05) is 48.7 Å². The lowest BCUT2D eigenvalue weighted by Gasteiger charge is -2.15. The van der Waals surface area contributed by atoms with Gasteiger partial charge in [0.25, 0.3) is 5.91 Å². The van der Waals surface area contributed by atoms with Crippen molar-refractivity contribution in [2.75, 3.05) is 20.3 Å². The summed E-state index contributed by atoms with van der Waals surface area (Å²) in [5.74, 6) is 1.24. The van der Waals surface area contributed by atoms with Crippen LogP contribution in [0, 0.1) is 6.92 Å². The van der Waals surface area contributed by atoms with Crippen molar-refractivity contribution in [3.8, 4) is 28.5 Å². The molecule has 1 atom stereocenters. The molecule has 1 aliphatic heterocycles. The molecule has 1 saturated heterocycles. The third kappa shape index (κ3) is 4.58. The average molecular weight is 405 g/mol. The average Bonchev–Trinajstić information content (AvgIpc) is 3.26. The zero-order valence-corrected chi connectivity index (χ0v) is 16.9. The van der Waals surface area contributed by atoms with Crippen molar-refractivity contribution in [1.29, 1.82) is 0 Å². The van der Waals surface area contributed by atoms with Gasteiger partial charge in [-0.2, -0.15) is 0 Å². The second kappa shape index (κ2) is 8.92. The Morgan fingerprint density at radius 3 is 2.77 bits per heavy atom. The van der Waals surface area contributed by atoms with E-state index < -0.39 is 0 Å². The van der Waals surface area contributed by atoms with E-state index in [4.69, 9.17) is 14.2 Å². The minimum Gasteiger partial charge on any atom is -0.488 e. The van der Waals surface area contributed by atoms with Gasteiger partial charge in [-0.15, -0.1) is 0 Å². The molecule has 0 spiro atoms. The van der Waals surface area contributed by atoms with Crippen molar-refractivity contribution in [3.05, 3.63) is 66.1 Å². The lowest BCUT2D eigenvalue weighted by atomic mass is 10.1. The number of nitrogens with zero attached hydrogens (tertiary/aromatic N) is 2. The fraction of sp³-hybridized carbons (Fsp3) is 0.261. The molecule has 2 aromatic heterocycles. The molecule has 0 aliphatic carbocycles. The van der Waals surface area contributed by atoms with Gasteiger partial charge in [0.2, 0.25) is 5.88 Å². The zero-order chi connectivity index (χ0) is 20.9. The third-order valence-electron chi connectivity index (χ3n) is 4.75. The van der Waals surface area contributed by atoms with Crippen LogP contribution >= 0.6 is 0 Å². The fourth-order valence-corrected chi connectivity index (χ4v) is 3.29. The summed E-state index contributed by atoms with van der Waals surface area (Å²) in [7, 11) is 1.59. The van der Waals surface area contributed by atoms with E-state index >= 15 is 0 Å². The number of hydrogen-bond donors (Lipinski definition) is 1. The molecule has 1 aromatic carbocycles. The van der Waals surface area contributed by atoms with E-state index in [0.717, 1.165) is 23.2 Å². The van der Waals surface area contributed by atoms with Crippen molar-refractivity contribution in [2.24, 2.45) is 0 Å². The standard InChI is InChI=1S/C23H23N3O4/c1-15-10-16(5-8-25-15)21-4-3-7-26-23(21)30-20-12-17(22(27)24-2)11-19(13-20)29-18-6-9-28-14-18/h3-5,7-8,10-13,18H,6,9,14H2,1-2H3,(H,24,27). The highest BCUT2D eigenvalue weighted by Gasteiger charge is 2.19. The van der Waals surface area contributed by atoms with Gasteiger partial charge < -0.3 is 19.5 Å². The summed E-state index contributed by atoms with van der Waals surface area (Å²) >= 11 is 0. The Bertz CT molecular complexity index is 1050. The van der Waals surface area contributed by atoms with Gasteiger partial charge in [-0.1, -0.05) is 0 Å². The highest BCUT2D eigenvalue weighted by molar-refractivity contribution is 5.94. The van der Waals surface area contributed by atoms with Crippen LogP contribution in [0.2, 0.25) is 0 Å². The first kappa shape index (κ1) is 19.8. The maximum atomic E-state index is 12.3. The molecule has 154 valence electrons. The minimum atomic E-state index is -0.223. The lowest BCUT2D eigenvalue weighted by Crippen LogP contribution is -2.19. The number of rotatable bonds is 6. The topological polar surface area (TPSA) is 82.6 Å². The first-order valence-corrected chi connectivity index (χ1v) is 9.80. The molecule has 7 heteroatoms. The molecule has 0 bridgehead atoms. The Balaban J connectivity index is 1.68. The molecule has 1 N–H and O–H groups in total. The summed E-state index contributed by atoms with van der Waals surface area (Å²) in [6, 6.07) is 12.8. The molecule has 1 aliphatic rings. The number of benzene rings is 1. The molecule has 30 heavy (non-hydrogen) atoms. The van der Waals surface area contributed by atoms with Crippen LogP contribution in [0.1, 0.15) is 22.5 Å². The maximum Gasteiger partial charge on any atom is 0.251 e. The largest absolute Gasteiger partial charge is 0.488 e. The monoisotopic (exact) mass is 405 g/mol. The minimum absolute atomic E-state index is 0.0389. The second-order valence-electron chi connectivity index (χ2n) is 7.02. The molecule has 3 aromatic rings. The Kier molecular flexibility index (Phi) is 5.90. The molecule has 1 amide bonds. The molecular formula is C23H23N3O4. The van der Waals surface area contributed by atoms with Gasteiger partial charge in [0.15, 0.2) is 0 Å². The Morgan fingerprint density at radius 1 is 1.13 bits per heavy atom. The Morgan fingerprint density at radius 2 is 2.00 bits per heavy atom. The van der Waals surface area contributed by atoms with Crippen molar-refractivity contribution < 1.29 is 19.0 Å². The molecule has 4 rings (SSSR count). The number of pyridine rings is 2. The summed E-state index contributed by atoms with van der Waals surface area (Å²) < 4.78 is 17.5. The predicted octanol–water partition coefficient (Wildman–Crippen LogP) is 3.77. The van der Waals surface area contributed by atoms with Crippen LogP contribution in [0.5, 0.6) is 17.4 Å². The first-order valence-electron chi connectivity index (χ1n) is 9.80. The van der Waals surface area contributed by atoms with Crippen LogP contribution in [0.15, 0.2) is 54.9 Å². The van der Waals surface area contributed by atoms with Gasteiger partial charge in [0.05, 0.1) is 13.2 Å². The Labute approximate surface area is 175 Å². The highest BCUT2D eigenvalue weighted by atomic mass is 16.5. The van der Waals surface area contributed by atoms with Crippen LogP contribution in [0.3, 0.4) is 0 Å². The zero-order valence-electron chi connectivity index (χ0n) is 16.9. The van der Waals surface area contributed by atoms with E-state index in [2.05, 4.69) is 15.3 Å². The first-order chi connectivity index (χ1) is 14.6. The quantitative estimate of drug-likeness (QED) is 0.672. The summed E-state index contributed by atoms with van der Waals surface area (Å²) in [5, 5.41) is 2.64. The van der Waals surface area contributed by atoms with Crippen LogP contribution in [0.25, 0.3) is 11.1 Å². The van der Waals surface area contributed by atoms with E-state index in [1.54, 1.807) is 37.6 Å². The van der Waals surface area contributed by atoms with Gasteiger partial charge in [-0.25, -0.2) is 4.98 Å². The summed E-state index contributed by atoms with van der Waals surface area (Å²) in [6.07, 6.45) is 4.20. The van der Waals surface area contributed by atoms with E-state index in [1.165, 1.54) is 0 Å². The lowest BCUT2D eigenvalue weighted by molar-refractivity contribution is 0.0961. The number of carbonyl (C=O) groups excluding carboxylic acids is 1. The SMILES string of the molecule is CNC(=O)c1cc(Oc2ncccc2-c2ccnc(C)c2)cc(OC2CCOC2)c1. The third-order valence-corrected chi connectivity index (χ3v) is 4.75. The molecule has 7 nitrogen and oxygen atoms in total. The molecule has 0 radical (unpaired) electrons. The number of amides is 1. The van der Waals surface area contributed by atoms with Crippen molar-refractivity contribution in [3.63, 3.8) is 0 Å². The van der Waals surface area contributed by atoms with Crippen molar-refractivity contribution in [1.82, 2.24) is 15.3 Å². The van der Waals surface area contributed by atoms with Gasteiger partial charge in [-0.3, -0.25) is 9.78 Å². The van der Waals surface area contributed by atoms with Crippen LogP contribution in [0.4, 0.5) is 0 Å². The number of nitrogens with one attached hydrogen (secondary N) is 1. The summed E-state index contributed by atoms with van der Waals surface area (Å²) in [6.45, 7) is 3.14. The number of aromatic nitrogens is 2. The van der Waals surface area contributed by atoms with E-state index in [9.17, 15) is 4.79 Å². The summed E-state index contributed by atoms with van der Waals surface area (Å²) in [5.41, 5.74) is 3.13. The molecule has 1 fully saturated rings. The number of carbonyl (C=O) groups is 1. The number of hydrogen-bond acceptors (Lipinski definition) is 6. The van der Waals surface area contributed by atoms with Gasteiger partial charge in [-0.05, 0) is 48.9 Å². The highest BCUT2D eigenvalue weighted by Crippen LogP contribution is 2.34. The molecule has 3 heterocycles. The number of aryl methyl sites for hydroxylation is 1. The molecule has 0 saturated carbocycles. The molecular weight excluding hydrogens is 382 g/mol. The normalized spacial score (nSPS) is 15.6. The van der Waals surface area contributed by atoms with Crippen LogP contribution < -0.4 is 14.8 Å². The second-order valence-corrected chi connectivity index (χ2v) is 7.02. The van der Waals surface area contributed by atoms with Gasteiger partial charge >= 0.3 is 0 Å². The van der Waals surface area contributed by atoms with Gasteiger partial charge in [0.1, 0.15) is 17.6 Å². The molecule has 1 unspecified atom stereocenters. The van der Waals surface area contributed by atoms with Crippen molar-refractivity contribution in [2.45, 2.75) is 19.4 Å². The van der Waals surface area contributed by atoms with Crippen LogP contribution in [-0.4, -0.2) is 42.2 Å². The van der Waals surface area contributed by atoms with Crippen molar-refractivity contribution >= 4 is 5.91 Å². The van der Waals surface area contributed by atoms with E-state index in [-0.39, 0.29) is 12.0 Å². The van der Waals surface area contributed by atoms with E-state index in [0.29, 0.717) is 36.2 Å². The smallest absolute Gasteiger partial charge is 0.251 e. The predicted molar refractivity (Wildman–Crippen MR) is 112 cm³/mol. The van der Waals surface area contributed by atoms with E-state index in [1.807, 2.05) is 31.2 Å². The number of ether oxygens (including phenoxy) is 3. The van der Waals surface area contributed by atoms with Crippen LogP contribution in [-0.2, 0) is 4.74 Å².